The van der Waals surface area contributed by atoms with Crippen LogP contribution in [0.25, 0.3) is 10.9 Å². The van der Waals surface area contributed by atoms with E-state index in [1.54, 1.807) is 0 Å². The molecule has 196 valence electrons. The van der Waals surface area contributed by atoms with Crippen molar-refractivity contribution in [2.45, 2.75) is 32.9 Å². The van der Waals surface area contributed by atoms with Crippen molar-refractivity contribution in [3.63, 3.8) is 0 Å². The molecule has 7 nitrogen and oxygen atoms in total. The Kier molecular flexibility index (Phi) is 7.84. The maximum atomic E-state index is 13.6. The minimum Gasteiger partial charge on any atom is -0.365 e. The fourth-order valence-electron chi connectivity index (χ4n) is 4.89. The van der Waals surface area contributed by atoms with Crippen LogP contribution in [0.3, 0.4) is 0 Å². The van der Waals surface area contributed by atoms with E-state index >= 15 is 0 Å². The van der Waals surface area contributed by atoms with Gasteiger partial charge in [0.25, 0.3) is 0 Å². The lowest BCUT2D eigenvalue weighted by Crippen LogP contribution is -2.40. The smallest absolute Gasteiger partial charge is 0.230 e. The van der Waals surface area contributed by atoms with Gasteiger partial charge in [-0.1, -0.05) is 48.5 Å². The van der Waals surface area contributed by atoms with Gasteiger partial charge in [-0.15, -0.1) is 0 Å². The van der Waals surface area contributed by atoms with E-state index in [1.807, 2.05) is 42.1 Å². The van der Waals surface area contributed by atoms with Crippen LogP contribution in [0.15, 0.2) is 72.8 Å². The maximum absolute atomic E-state index is 13.6. The number of rotatable bonds is 8. The highest BCUT2D eigenvalue weighted by Gasteiger charge is 2.27. The highest BCUT2D eigenvalue weighted by atomic mass is 16.2. The predicted molar refractivity (Wildman–Crippen MR) is 156 cm³/mol. The lowest BCUT2D eigenvalue weighted by molar-refractivity contribution is -0.123. The number of anilines is 3. The molecule has 1 saturated heterocycles. The third-order valence-electron chi connectivity index (χ3n) is 7.09. The fourth-order valence-corrected chi connectivity index (χ4v) is 4.89. The number of aromatic nitrogens is 2. The molecular formula is C31H36N6O. The number of carbonyl (C=O) groups is 1. The van der Waals surface area contributed by atoms with Gasteiger partial charge < -0.3 is 20.4 Å². The highest BCUT2D eigenvalue weighted by molar-refractivity contribution is 5.95. The Balaban J connectivity index is 1.36. The number of aryl methyl sites for hydroxylation is 1. The zero-order valence-electron chi connectivity index (χ0n) is 22.4. The van der Waals surface area contributed by atoms with Gasteiger partial charge in [-0.05, 0) is 73.8 Å². The Morgan fingerprint density at radius 3 is 2.39 bits per heavy atom. The number of piperidine rings is 1. The summed E-state index contributed by atoms with van der Waals surface area (Å²) in [5, 5.41) is 7.88. The second-order valence-corrected chi connectivity index (χ2v) is 10.2. The van der Waals surface area contributed by atoms with Crippen LogP contribution in [-0.4, -0.2) is 43.1 Å². The maximum Gasteiger partial charge on any atom is 0.230 e. The number of fused-ring (bicyclic) bond motifs is 1. The van der Waals surface area contributed by atoms with Gasteiger partial charge >= 0.3 is 0 Å². The summed E-state index contributed by atoms with van der Waals surface area (Å²) in [6, 6.07) is 24.8. The summed E-state index contributed by atoms with van der Waals surface area (Å²) >= 11 is 0. The lowest BCUT2D eigenvalue weighted by atomic mass is 9.96. The van der Waals surface area contributed by atoms with E-state index in [-0.39, 0.29) is 11.8 Å². The first-order chi connectivity index (χ1) is 18.5. The Bertz CT molecular complexity index is 1380. The van der Waals surface area contributed by atoms with Crippen molar-refractivity contribution in [2.24, 2.45) is 5.92 Å². The van der Waals surface area contributed by atoms with Crippen LogP contribution in [-0.2, 0) is 17.9 Å². The molecule has 0 radical (unpaired) electrons. The molecule has 1 aliphatic heterocycles. The molecule has 0 bridgehead atoms. The van der Waals surface area contributed by atoms with Crippen molar-refractivity contribution in [1.82, 2.24) is 15.3 Å². The lowest BCUT2D eigenvalue weighted by Gasteiger charge is -2.30. The van der Waals surface area contributed by atoms with Crippen molar-refractivity contribution >= 4 is 34.3 Å². The molecule has 1 amide bonds. The third-order valence-corrected chi connectivity index (χ3v) is 7.09. The first-order valence-electron chi connectivity index (χ1n) is 13.3. The molecule has 1 fully saturated rings. The van der Waals surface area contributed by atoms with Gasteiger partial charge in [-0.25, -0.2) is 4.98 Å². The van der Waals surface area contributed by atoms with E-state index in [0.29, 0.717) is 19.0 Å². The average molecular weight is 509 g/mol. The van der Waals surface area contributed by atoms with Gasteiger partial charge in [-0.2, -0.15) is 4.98 Å². The molecule has 4 aromatic rings. The fraction of sp³-hybridized carbons (Fsp3) is 0.323. The van der Waals surface area contributed by atoms with E-state index < -0.39 is 0 Å². The molecule has 0 atom stereocenters. The molecule has 1 aliphatic rings. The Morgan fingerprint density at radius 1 is 0.947 bits per heavy atom. The monoisotopic (exact) mass is 508 g/mol. The van der Waals surface area contributed by atoms with Crippen LogP contribution in [0.5, 0.6) is 0 Å². The average Bonchev–Trinajstić information content (AvgIpc) is 2.95. The minimum atomic E-state index is 0.0573. The molecular weight excluding hydrogens is 472 g/mol. The van der Waals surface area contributed by atoms with Crippen LogP contribution in [0.1, 0.15) is 29.5 Å². The summed E-state index contributed by atoms with van der Waals surface area (Å²) in [5.41, 5.74) is 5.27. The number of nitrogens with one attached hydrogen (secondary N) is 2. The van der Waals surface area contributed by atoms with Crippen LogP contribution < -0.4 is 20.4 Å². The molecule has 38 heavy (non-hydrogen) atoms. The molecule has 0 spiro atoms. The van der Waals surface area contributed by atoms with Gasteiger partial charge in [0, 0.05) is 37.6 Å². The summed E-state index contributed by atoms with van der Waals surface area (Å²) in [4.78, 5) is 26.9. The minimum absolute atomic E-state index is 0.0573. The Labute approximate surface area is 224 Å². The molecule has 0 saturated carbocycles. The third kappa shape index (κ3) is 5.94. The Morgan fingerprint density at radius 2 is 1.68 bits per heavy atom. The zero-order valence-corrected chi connectivity index (χ0v) is 22.4. The second kappa shape index (κ2) is 11.6. The van der Waals surface area contributed by atoms with Gasteiger partial charge in [0.15, 0.2) is 0 Å². The summed E-state index contributed by atoms with van der Waals surface area (Å²) in [5.74, 6) is 1.76. The quantitative estimate of drug-likeness (QED) is 0.343. The van der Waals surface area contributed by atoms with Crippen LogP contribution in [0, 0.1) is 12.8 Å². The molecule has 0 unspecified atom stereocenters. The molecule has 1 aromatic heterocycles. The number of amides is 1. The van der Waals surface area contributed by atoms with E-state index in [9.17, 15) is 4.79 Å². The summed E-state index contributed by atoms with van der Waals surface area (Å²) in [7, 11) is 3.90. The Hall–Kier alpha value is -3.97. The van der Waals surface area contributed by atoms with E-state index in [2.05, 4.69) is 72.2 Å². The van der Waals surface area contributed by atoms with E-state index in [1.165, 1.54) is 5.56 Å². The van der Waals surface area contributed by atoms with Crippen LogP contribution in [0.2, 0.25) is 0 Å². The van der Waals surface area contributed by atoms with E-state index in [0.717, 1.165) is 59.5 Å². The van der Waals surface area contributed by atoms with Gasteiger partial charge in [0.2, 0.25) is 11.9 Å². The SMILES string of the molecule is Cc1ccc2c(NCc3ccc(N(Cc4ccccc4)C(=O)C4CCNCC4)cc3)nc(N(C)C)nc2c1. The van der Waals surface area contributed by atoms with Crippen LogP contribution >= 0.6 is 0 Å². The van der Waals surface area contributed by atoms with Crippen molar-refractivity contribution in [1.29, 1.82) is 0 Å². The molecule has 2 heterocycles. The van der Waals surface area contributed by atoms with Gasteiger partial charge in [0.1, 0.15) is 5.82 Å². The van der Waals surface area contributed by atoms with Crippen LogP contribution in [0.4, 0.5) is 17.5 Å². The topological polar surface area (TPSA) is 73.4 Å². The zero-order chi connectivity index (χ0) is 26.5. The van der Waals surface area contributed by atoms with E-state index in [4.69, 9.17) is 9.97 Å². The normalized spacial score (nSPS) is 13.9. The van der Waals surface area contributed by atoms with Gasteiger partial charge in [-0.3, -0.25) is 4.79 Å². The number of benzene rings is 3. The number of hydrogen-bond donors (Lipinski definition) is 2. The predicted octanol–water partition coefficient (Wildman–Crippen LogP) is 5.15. The standard InChI is InChI=1S/C31H36N6O/c1-22-9-14-27-28(19-22)34-31(36(2)3)35-29(27)33-20-23-10-12-26(13-11-23)37(21-24-7-5-4-6-8-24)30(38)25-15-17-32-18-16-25/h4-14,19,25,32H,15-18,20-21H2,1-3H3,(H,33,34,35). The highest BCUT2D eigenvalue weighted by Crippen LogP contribution is 2.26. The van der Waals surface area contributed by atoms with Crippen molar-refractivity contribution in [3.05, 3.63) is 89.5 Å². The first kappa shape index (κ1) is 25.7. The number of carbonyl (C=O) groups excluding carboxylic acids is 1. The van der Waals surface area contributed by atoms with Crippen molar-refractivity contribution in [2.75, 3.05) is 42.3 Å². The number of nitrogens with zero attached hydrogens (tertiary/aromatic N) is 4. The van der Waals surface area contributed by atoms with Crippen molar-refractivity contribution in [3.8, 4) is 0 Å². The molecule has 2 N–H and O–H groups in total. The molecule has 0 aliphatic carbocycles. The van der Waals surface area contributed by atoms with Gasteiger partial charge in [0.05, 0.1) is 12.1 Å². The first-order valence-corrected chi connectivity index (χ1v) is 13.3. The second-order valence-electron chi connectivity index (χ2n) is 10.2. The summed E-state index contributed by atoms with van der Waals surface area (Å²) < 4.78 is 0. The number of hydrogen-bond acceptors (Lipinski definition) is 6. The molecule has 5 rings (SSSR count). The molecule has 7 heteroatoms. The van der Waals surface area contributed by atoms with Crippen molar-refractivity contribution < 1.29 is 4.79 Å². The summed E-state index contributed by atoms with van der Waals surface area (Å²) in [6.45, 7) is 5.05. The largest absolute Gasteiger partial charge is 0.365 e. The summed E-state index contributed by atoms with van der Waals surface area (Å²) in [6.07, 6.45) is 1.76. The molecule has 3 aromatic carbocycles.